The Hall–Kier alpha value is -0.590. The average molecular weight is 166 g/mol. The Labute approximate surface area is 72.9 Å². The zero-order valence-electron chi connectivity index (χ0n) is 7.20. The Balaban J connectivity index is 1.92. The topological polar surface area (TPSA) is 36.3 Å². The van der Waals surface area contributed by atoms with Gasteiger partial charge in [-0.15, -0.1) is 0 Å². The molecule has 0 aromatic heterocycles. The molecule has 2 aliphatic rings. The lowest BCUT2D eigenvalue weighted by Crippen LogP contribution is -2.46. The number of hydrogen-bond donors (Lipinski definition) is 0. The van der Waals surface area contributed by atoms with Gasteiger partial charge < -0.3 is 4.74 Å². The first-order chi connectivity index (χ1) is 5.92. The monoisotopic (exact) mass is 166 g/mol. The quantitative estimate of drug-likeness (QED) is 0.564. The Morgan fingerprint density at radius 1 is 1.50 bits per heavy atom. The fourth-order valence-electron chi connectivity index (χ4n) is 1.86. The van der Waals surface area contributed by atoms with Crippen LogP contribution in [0.5, 0.6) is 0 Å². The Bertz CT molecular complexity index is 195. The van der Waals surface area contributed by atoms with Gasteiger partial charge in [0.05, 0.1) is 25.8 Å². The highest BCUT2D eigenvalue weighted by atomic mass is 16.5. The Morgan fingerprint density at radius 3 is 3.00 bits per heavy atom. The molecule has 1 atom stereocenters. The highest BCUT2D eigenvalue weighted by Crippen LogP contribution is 2.36. The van der Waals surface area contributed by atoms with Crippen LogP contribution >= 0.6 is 0 Å². The summed E-state index contributed by atoms with van der Waals surface area (Å²) < 4.78 is 5.41. The van der Waals surface area contributed by atoms with Crippen LogP contribution in [0.1, 0.15) is 12.8 Å². The lowest BCUT2D eigenvalue weighted by Gasteiger charge is -2.33. The predicted molar refractivity (Wildman–Crippen MR) is 44.5 cm³/mol. The minimum absolute atomic E-state index is 0.540. The van der Waals surface area contributed by atoms with Crippen molar-refractivity contribution in [2.45, 2.75) is 18.9 Å². The predicted octanol–water partition coefficient (Wildman–Crippen LogP) is 0.621. The fraction of sp³-hybridized carbons (Fsp3) is 0.889. The second kappa shape index (κ2) is 3.42. The van der Waals surface area contributed by atoms with Crippen molar-refractivity contribution >= 4 is 0 Å². The summed E-state index contributed by atoms with van der Waals surface area (Å²) in [6.45, 7) is 3.15. The molecule has 0 N–H and O–H groups in total. The van der Waals surface area contributed by atoms with E-state index in [1.807, 2.05) is 0 Å². The van der Waals surface area contributed by atoms with Crippen molar-refractivity contribution < 1.29 is 4.74 Å². The molecular weight excluding hydrogens is 152 g/mol. The van der Waals surface area contributed by atoms with Crippen molar-refractivity contribution in [2.75, 3.05) is 26.3 Å². The molecule has 12 heavy (non-hydrogen) atoms. The minimum Gasteiger partial charge on any atom is -0.378 e. The van der Waals surface area contributed by atoms with E-state index in [1.54, 1.807) is 0 Å². The number of morpholine rings is 1. The van der Waals surface area contributed by atoms with E-state index < -0.39 is 0 Å². The van der Waals surface area contributed by atoms with E-state index in [0.29, 0.717) is 12.6 Å². The largest absolute Gasteiger partial charge is 0.378 e. The van der Waals surface area contributed by atoms with E-state index in [-0.39, 0.29) is 0 Å². The second-order valence-electron chi connectivity index (χ2n) is 3.61. The first-order valence-electron chi connectivity index (χ1n) is 4.60. The molecule has 2 rings (SSSR count). The summed E-state index contributed by atoms with van der Waals surface area (Å²) in [5, 5.41) is 8.61. The van der Waals surface area contributed by atoms with Crippen molar-refractivity contribution in [2.24, 2.45) is 5.92 Å². The summed E-state index contributed by atoms with van der Waals surface area (Å²) in [4.78, 5) is 2.27. The molecular formula is C9H14N2O. The maximum absolute atomic E-state index is 8.61. The summed E-state index contributed by atoms with van der Waals surface area (Å²) in [5.41, 5.74) is 0. The smallest absolute Gasteiger partial charge is 0.0870 e. The van der Waals surface area contributed by atoms with E-state index >= 15 is 0 Å². The molecule has 1 aliphatic heterocycles. The molecule has 1 heterocycles. The zero-order valence-corrected chi connectivity index (χ0v) is 7.20. The second-order valence-corrected chi connectivity index (χ2v) is 3.61. The van der Waals surface area contributed by atoms with E-state index in [2.05, 4.69) is 11.0 Å². The molecule has 0 amide bonds. The van der Waals surface area contributed by atoms with E-state index in [0.717, 1.165) is 25.7 Å². The van der Waals surface area contributed by atoms with Gasteiger partial charge in [0.1, 0.15) is 0 Å². The van der Waals surface area contributed by atoms with Crippen molar-refractivity contribution in [3.8, 4) is 6.07 Å². The van der Waals surface area contributed by atoms with Crippen molar-refractivity contribution in [3.05, 3.63) is 0 Å². The number of hydrogen-bond acceptors (Lipinski definition) is 3. The van der Waals surface area contributed by atoms with Crippen LogP contribution in [0.2, 0.25) is 0 Å². The molecule has 0 aromatic rings. The molecule has 1 unspecified atom stereocenters. The average Bonchev–Trinajstić information content (AvgIpc) is 2.89. The molecule has 0 radical (unpaired) electrons. The SMILES string of the molecule is N#CCN1CCOCC1C1CC1. The van der Waals surface area contributed by atoms with Gasteiger partial charge in [-0.2, -0.15) is 5.26 Å². The lowest BCUT2D eigenvalue weighted by atomic mass is 10.1. The normalized spacial score (nSPS) is 31.4. The first kappa shape index (κ1) is 8.03. The van der Waals surface area contributed by atoms with Gasteiger partial charge in [-0.3, -0.25) is 4.90 Å². The van der Waals surface area contributed by atoms with Crippen LogP contribution in [0, 0.1) is 17.2 Å². The maximum atomic E-state index is 8.61. The van der Waals surface area contributed by atoms with Crippen LogP contribution in [0.15, 0.2) is 0 Å². The van der Waals surface area contributed by atoms with Crippen LogP contribution in [-0.4, -0.2) is 37.2 Å². The van der Waals surface area contributed by atoms with Gasteiger partial charge >= 0.3 is 0 Å². The third kappa shape index (κ3) is 1.60. The van der Waals surface area contributed by atoms with Crippen molar-refractivity contribution in [1.82, 2.24) is 4.90 Å². The van der Waals surface area contributed by atoms with Gasteiger partial charge in [-0.05, 0) is 18.8 Å². The highest BCUT2D eigenvalue weighted by Gasteiger charge is 2.36. The van der Waals surface area contributed by atoms with Gasteiger partial charge in [0, 0.05) is 12.6 Å². The molecule has 1 saturated carbocycles. The van der Waals surface area contributed by atoms with Gasteiger partial charge in [-0.1, -0.05) is 0 Å². The minimum atomic E-state index is 0.540. The van der Waals surface area contributed by atoms with Gasteiger partial charge in [0.25, 0.3) is 0 Å². The summed E-state index contributed by atoms with van der Waals surface area (Å²) in [5.74, 6) is 0.818. The van der Waals surface area contributed by atoms with Gasteiger partial charge in [-0.25, -0.2) is 0 Å². The lowest BCUT2D eigenvalue weighted by molar-refractivity contribution is -0.00902. The third-order valence-corrected chi connectivity index (χ3v) is 2.72. The van der Waals surface area contributed by atoms with Crippen LogP contribution in [0.4, 0.5) is 0 Å². The third-order valence-electron chi connectivity index (χ3n) is 2.72. The molecule has 3 heteroatoms. The standard InChI is InChI=1S/C9H14N2O/c10-3-4-11-5-6-12-7-9(11)8-1-2-8/h8-9H,1-2,4-7H2. The zero-order chi connectivity index (χ0) is 8.39. The molecule has 66 valence electrons. The first-order valence-corrected chi connectivity index (χ1v) is 4.60. The molecule has 1 saturated heterocycles. The molecule has 3 nitrogen and oxygen atoms in total. The molecule has 1 aliphatic carbocycles. The van der Waals surface area contributed by atoms with Crippen molar-refractivity contribution in [3.63, 3.8) is 0 Å². The van der Waals surface area contributed by atoms with E-state index in [9.17, 15) is 0 Å². The molecule has 0 aromatic carbocycles. The summed E-state index contributed by atoms with van der Waals surface area (Å²) >= 11 is 0. The molecule has 0 bridgehead atoms. The van der Waals surface area contributed by atoms with Crippen LogP contribution in [-0.2, 0) is 4.74 Å². The van der Waals surface area contributed by atoms with Crippen LogP contribution < -0.4 is 0 Å². The highest BCUT2D eigenvalue weighted by molar-refractivity contribution is 4.92. The van der Waals surface area contributed by atoms with Gasteiger partial charge in [0.15, 0.2) is 0 Å². The molecule has 2 fully saturated rings. The summed E-state index contributed by atoms with van der Waals surface area (Å²) in [6.07, 6.45) is 2.66. The number of nitrogens with zero attached hydrogens (tertiary/aromatic N) is 2. The Morgan fingerprint density at radius 2 is 2.33 bits per heavy atom. The van der Waals surface area contributed by atoms with E-state index in [1.165, 1.54) is 12.8 Å². The summed E-state index contributed by atoms with van der Waals surface area (Å²) in [6, 6.07) is 2.76. The van der Waals surface area contributed by atoms with Crippen LogP contribution in [0.3, 0.4) is 0 Å². The van der Waals surface area contributed by atoms with Gasteiger partial charge in [0.2, 0.25) is 0 Å². The van der Waals surface area contributed by atoms with Crippen molar-refractivity contribution in [1.29, 1.82) is 5.26 Å². The maximum Gasteiger partial charge on any atom is 0.0870 e. The number of rotatable bonds is 2. The molecule has 0 spiro atoms. The van der Waals surface area contributed by atoms with E-state index in [4.69, 9.17) is 10.00 Å². The van der Waals surface area contributed by atoms with Crippen LogP contribution in [0.25, 0.3) is 0 Å². The fourth-order valence-corrected chi connectivity index (χ4v) is 1.86. The Kier molecular flexibility index (Phi) is 2.29. The number of nitriles is 1. The number of ether oxygens (including phenoxy) is 1. The summed E-state index contributed by atoms with van der Waals surface area (Å²) in [7, 11) is 0.